The molecule has 1 saturated carbocycles. The van der Waals surface area contributed by atoms with Crippen LogP contribution in [0.2, 0.25) is 5.02 Å². The molecule has 0 aliphatic heterocycles. The molecule has 0 amide bonds. The first-order valence-electron chi connectivity index (χ1n) is 5.79. The van der Waals surface area contributed by atoms with Crippen molar-refractivity contribution in [3.8, 4) is 0 Å². The summed E-state index contributed by atoms with van der Waals surface area (Å²) in [5.41, 5.74) is 9.11. The Labute approximate surface area is 105 Å². The fourth-order valence-corrected chi connectivity index (χ4v) is 2.36. The highest BCUT2D eigenvalue weighted by molar-refractivity contribution is 6.30. The number of nitrogen functional groups attached to an aromatic ring is 1. The standard InChI is InChI=1S/C13H14ClN3/c14-11-3-1-2-9(6-11)8-17-13(10-4-5-10)12(15)7-16-17/h1-3,6-7,10H,4-5,8,15H2. The second-order valence-electron chi connectivity index (χ2n) is 4.55. The summed E-state index contributed by atoms with van der Waals surface area (Å²) in [6.07, 6.45) is 4.20. The quantitative estimate of drug-likeness (QED) is 0.906. The van der Waals surface area contributed by atoms with Crippen LogP contribution < -0.4 is 5.73 Å². The van der Waals surface area contributed by atoms with Gasteiger partial charge in [0.25, 0.3) is 0 Å². The van der Waals surface area contributed by atoms with E-state index in [0.29, 0.717) is 5.92 Å². The van der Waals surface area contributed by atoms with Crippen LogP contribution in [0.5, 0.6) is 0 Å². The first-order valence-corrected chi connectivity index (χ1v) is 6.17. The van der Waals surface area contributed by atoms with Gasteiger partial charge in [-0.15, -0.1) is 0 Å². The van der Waals surface area contributed by atoms with Crippen LogP contribution in [0.3, 0.4) is 0 Å². The van der Waals surface area contributed by atoms with Crippen molar-refractivity contribution in [2.45, 2.75) is 25.3 Å². The molecule has 88 valence electrons. The minimum atomic E-state index is 0.608. The van der Waals surface area contributed by atoms with Gasteiger partial charge in [-0.3, -0.25) is 4.68 Å². The van der Waals surface area contributed by atoms with Crippen LogP contribution in [-0.4, -0.2) is 9.78 Å². The molecule has 1 aliphatic rings. The zero-order valence-corrected chi connectivity index (χ0v) is 10.2. The SMILES string of the molecule is Nc1cnn(Cc2cccc(Cl)c2)c1C1CC1. The summed E-state index contributed by atoms with van der Waals surface area (Å²) in [6, 6.07) is 7.86. The predicted octanol–water partition coefficient (Wildman–Crippen LogP) is 3.04. The lowest BCUT2D eigenvalue weighted by Gasteiger charge is -2.07. The van der Waals surface area contributed by atoms with Gasteiger partial charge in [0.15, 0.2) is 0 Å². The van der Waals surface area contributed by atoms with Gasteiger partial charge in [-0.2, -0.15) is 5.10 Å². The van der Waals surface area contributed by atoms with Gasteiger partial charge in [0.05, 0.1) is 24.1 Å². The number of aromatic nitrogens is 2. The molecule has 1 aromatic carbocycles. The van der Waals surface area contributed by atoms with E-state index in [2.05, 4.69) is 11.2 Å². The molecule has 0 bridgehead atoms. The Kier molecular flexibility index (Phi) is 2.56. The number of nitrogens with two attached hydrogens (primary N) is 1. The van der Waals surface area contributed by atoms with E-state index in [1.165, 1.54) is 18.5 Å². The van der Waals surface area contributed by atoms with Crippen molar-refractivity contribution in [3.05, 3.63) is 46.7 Å². The van der Waals surface area contributed by atoms with Crippen LogP contribution in [0.25, 0.3) is 0 Å². The minimum Gasteiger partial charge on any atom is -0.396 e. The summed E-state index contributed by atoms with van der Waals surface area (Å²) >= 11 is 5.98. The Morgan fingerprint density at radius 2 is 2.24 bits per heavy atom. The van der Waals surface area contributed by atoms with Crippen LogP contribution in [0, 0.1) is 0 Å². The maximum Gasteiger partial charge on any atom is 0.0736 e. The van der Waals surface area contributed by atoms with Gasteiger partial charge in [-0.05, 0) is 30.5 Å². The molecule has 3 rings (SSSR count). The Balaban J connectivity index is 1.90. The topological polar surface area (TPSA) is 43.8 Å². The summed E-state index contributed by atoms with van der Waals surface area (Å²) in [5, 5.41) is 5.11. The molecule has 2 aromatic rings. The molecule has 17 heavy (non-hydrogen) atoms. The molecule has 0 spiro atoms. The highest BCUT2D eigenvalue weighted by atomic mass is 35.5. The number of rotatable bonds is 3. The van der Waals surface area contributed by atoms with E-state index >= 15 is 0 Å². The Morgan fingerprint density at radius 1 is 1.41 bits per heavy atom. The summed E-state index contributed by atoms with van der Waals surface area (Å²) in [7, 11) is 0. The molecule has 3 nitrogen and oxygen atoms in total. The fraction of sp³-hybridized carbons (Fsp3) is 0.308. The van der Waals surface area contributed by atoms with E-state index in [0.717, 1.165) is 22.8 Å². The maximum absolute atomic E-state index is 5.98. The van der Waals surface area contributed by atoms with Crippen molar-refractivity contribution in [2.24, 2.45) is 0 Å². The summed E-state index contributed by atoms with van der Waals surface area (Å²) in [4.78, 5) is 0. The maximum atomic E-state index is 5.98. The molecule has 0 atom stereocenters. The Morgan fingerprint density at radius 3 is 2.94 bits per heavy atom. The van der Waals surface area contributed by atoms with Crippen molar-refractivity contribution in [2.75, 3.05) is 5.73 Å². The molecule has 1 heterocycles. The van der Waals surface area contributed by atoms with Gasteiger partial charge in [0.2, 0.25) is 0 Å². The predicted molar refractivity (Wildman–Crippen MR) is 69.2 cm³/mol. The number of benzene rings is 1. The van der Waals surface area contributed by atoms with Crippen LogP contribution >= 0.6 is 11.6 Å². The Bertz CT molecular complexity index is 543. The molecular formula is C13H14ClN3. The fourth-order valence-electron chi connectivity index (χ4n) is 2.15. The number of hydrogen-bond acceptors (Lipinski definition) is 2. The van der Waals surface area contributed by atoms with Crippen LogP contribution in [0.15, 0.2) is 30.5 Å². The molecule has 1 aromatic heterocycles. The number of nitrogens with zero attached hydrogens (tertiary/aromatic N) is 2. The normalized spacial score (nSPS) is 15.1. The third-order valence-electron chi connectivity index (χ3n) is 3.10. The molecule has 0 unspecified atom stereocenters. The van der Waals surface area contributed by atoms with E-state index in [1.807, 2.05) is 22.9 Å². The number of hydrogen-bond donors (Lipinski definition) is 1. The summed E-state index contributed by atoms with van der Waals surface area (Å²) in [5.74, 6) is 0.608. The highest BCUT2D eigenvalue weighted by Crippen LogP contribution is 2.42. The second-order valence-corrected chi connectivity index (χ2v) is 4.98. The van der Waals surface area contributed by atoms with Crippen LogP contribution in [0.1, 0.15) is 30.0 Å². The van der Waals surface area contributed by atoms with E-state index in [1.54, 1.807) is 6.20 Å². The summed E-state index contributed by atoms with van der Waals surface area (Å²) in [6.45, 7) is 0.740. The zero-order chi connectivity index (χ0) is 11.8. The van der Waals surface area contributed by atoms with Gasteiger partial charge < -0.3 is 5.73 Å². The molecule has 1 aliphatic carbocycles. The molecule has 4 heteroatoms. The first-order chi connectivity index (χ1) is 8.24. The second kappa shape index (κ2) is 4.08. The number of halogens is 1. The average molecular weight is 248 g/mol. The molecular weight excluding hydrogens is 234 g/mol. The lowest BCUT2D eigenvalue weighted by atomic mass is 10.2. The van der Waals surface area contributed by atoms with E-state index < -0.39 is 0 Å². The van der Waals surface area contributed by atoms with Crippen LogP contribution in [0.4, 0.5) is 5.69 Å². The van der Waals surface area contributed by atoms with Crippen molar-refractivity contribution in [1.29, 1.82) is 0 Å². The van der Waals surface area contributed by atoms with Gasteiger partial charge in [0, 0.05) is 10.9 Å². The van der Waals surface area contributed by atoms with E-state index in [-0.39, 0.29) is 0 Å². The summed E-state index contributed by atoms with van der Waals surface area (Å²) < 4.78 is 2.00. The Hall–Kier alpha value is -1.48. The van der Waals surface area contributed by atoms with E-state index in [4.69, 9.17) is 17.3 Å². The van der Waals surface area contributed by atoms with Gasteiger partial charge >= 0.3 is 0 Å². The van der Waals surface area contributed by atoms with Crippen molar-refractivity contribution < 1.29 is 0 Å². The minimum absolute atomic E-state index is 0.608. The zero-order valence-electron chi connectivity index (χ0n) is 9.44. The van der Waals surface area contributed by atoms with Crippen molar-refractivity contribution >= 4 is 17.3 Å². The highest BCUT2D eigenvalue weighted by Gasteiger charge is 2.29. The third-order valence-corrected chi connectivity index (χ3v) is 3.33. The van der Waals surface area contributed by atoms with Crippen LogP contribution in [-0.2, 0) is 6.54 Å². The monoisotopic (exact) mass is 247 g/mol. The van der Waals surface area contributed by atoms with Crippen molar-refractivity contribution in [3.63, 3.8) is 0 Å². The largest absolute Gasteiger partial charge is 0.396 e. The first kappa shape index (κ1) is 10.7. The van der Waals surface area contributed by atoms with Gasteiger partial charge in [0.1, 0.15) is 0 Å². The molecule has 0 radical (unpaired) electrons. The lowest BCUT2D eigenvalue weighted by Crippen LogP contribution is -2.06. The molecule has 1 fully saturated rings. The molecule has 0 saturated heterocycles. The smallest absolute Gasteiger partial charge is 0.0736 e. The number of anilines is 1. The molecule has 2 N–H and O–H groups in total. The third kappa shape index (κ3) is 2.15. The van der Waals surface area contributed by atoms with E-state index in [9.17, 15) is 0 Å². The average Bonchev–Trinajstić information content (AvgIpc) is 3.05. The lowest BCUT2D eigenvalue weighted by molar-refractivity contribution is 0.647. The van der Waals surface area contributed by atoms with Gasteiger partial charge in [-0.1, -0.05) is 23.7 Å². The van der Waals surface area contributed by atoms with Crippen molar-refractivity contribution in [1.82, 2.24) is 9.78 Å². The van der Waals surface area contributed by atoms with Gasteiger partial charge in [-0.25, -0.2) is 0 Å².